The van der Waals surface area contributed by atoms with E-state index in [-0.39, 0.29) is 5.69 Å². The highest BCUT2D eigenvalue weighted by Gasteiger charge is 2.08. The van der Waals surface area contributed by atoms with E-state index in [4.69, 9.17) is 9.84 Å². The molecule has 2 aromatic rings. The molecule has 0 radical (unpaired) electrons. The molecule has 4 heteroatoms. The molecule has 2 N–H and O–H groups in total. The van der Waals surface area contributed by atoms with E-state index >= 15 is 0 Å². The zero-order valence-corrected chi connectivity index (χ0v) is 9.43. The molecule has 0 aliphatic rings. The fourth-order valence-corrected chi connectivity index (χ4v) is 1.72. The molecule has 0 saturated heterocycles. The van der Waals surface area contributed by atoms with Crippen molar-refractivity contribution in [2.75, 3.05) is 7.11 Å². The standard InChI is InChI=1S/C13H13NO3/c1-17-12-5-3-2-4-9(12)8-10-6-7-11(14-10)13(15)16/h2-7,14H,8H2,1H3,(H,15,16). The van der Waals surface area contributed by atoms with Gasteiger partial charge in [0.1, 0.15) is 11.4 Å². The highest BCUT2D eigenvalue weighted by Crippen LogP contribution is 2.20. The van der Waals surface area contributed by atoms with E-state index in [1.54, 1.807) is 19.2 Å². The molecule has 0 saturated carbocycles. The second-order valence-electron chi connectivity index (χ2n) is 3.69. The molecule has 0 aliphatic carbocycles. The fraction of sp³-hybridized carbons (Fsp3) is 0.154. The number of rotatable bonds is 4. The van der Waals surface area contributed by atoms with Crippen LogP contribution in [0.4, 0.5) is 0 Å². The molecule has 2 rings (SSSR count). The lowest BCUT2D eigenvalue weighted by Gasteiger charge is -2.06. The summed E-state index contributed by atoms with van der Waals surface area (Å²) >= 11 is 0. The van der Waals surface area contributed by atoms with Crippen molar-refractivity contribution in [1.29, 1.82) is 0 Å². The number of methoxy groups -OCH3 is 1. The number of nitrogens with one attached hydrogen (secondary N) is 1. The van der Waals surface area contributed by atoms with Crippen molar-refractivity contribution >= 4 is 5.97 Å². The number of aromatic amines is 1. The molecule has 0 spiro atoms. The smallest absolute Gasteiger partial charge is 0.352 e. The number of H-pyrrole nitrogens is 1. The van der Waals surface area contributed by atoms with Gasteiger partial charge in [-0.2, -0.15) is 0 Å². The molecular weight excluding hydrogens is 218 g/mol. The van der Waals surface area contributed by atoms with Crippen molar-refractivity contribution < 1.29 is 14.6 Å². The fourth-order valence-electron chi connectivity index (χ4n) is 1.72. The number of para-hydroxylation sites is 1. The van der Waals surface area contributed by atoms with Crippen LogP contribution in [0.5, 0.6) is 5.75 Å². The summed E-state index contributed by atoms with van der Waals surface area (Å²) in [4.78, 5) is 13.6. The van der Waals surface area contributed by atoms with Crippen LogP contribution in [-0.4, -0.2) is 23.2 Å². The Labute approximate surface area is 98.9 Å². The Morgan fingerprint density at radius 3 is 2.71 bits per heavy atom. The minimum Gasteiger partial charge on any atom is -0.496 e. The maximum atomic E-state index is 10.7. The molecule has 88 valence electrons. The van der Waals surface area contributed by atoms with Crippen LogP contribution in [0, 0.1) is 0 Å². The second-order valence-corrected chi connectivity index (χ2v) is 3.69. The first kappa shape index (κ1) is 11.3. The topological polar surface area (TPSA) is 62.3 Å². The van der Waals surface area contributed by atoms with Gasteiger partial charge in [0, 0.05) is 12.1 Å². The Balaban J connectivity index is 2.22. The summed E-state index contributed by atoms with van der Waals surface area (Å²) in [6.45, 7) is 0. The third-order valence-corrected chi connectivity index (χ3v) is 2.55. The van der Waals surface area contributed by atoms with Crippen LogP contribution in [0.25, 0.3) is 0 Å². The zero-order chi connectivity index (χ0) is 12.3. The Hall–Kier alpha value is -2.23. The SMILES string of the molecule is COc1ccccc1Cc1ccc(C(=O)O)[nH]1. The number of hydrogen-bond acceptors (Lipinski definition) is 2. The van der Waals surface area contributed by atoms with Crippen LogP contribution in [-0.2, 0) is 6.42 Å². The number of aromatic carboxylic acids is 1. The third-order valence-electron chi connectivity index (χ3n) is 2.55. The number of hydrogen-bond donors (Lipinski definition) is 2. The van der Waals surface area contributed by atoms with Gasteiger partial charge in [-0.05, 0) is 23.8 Å². The monoisotopic (exact) mass is 231 g/mol. The Morgan fingerprint density at radius 1 is 1.29 bits per heavy atom. The second kappa shape index (κ2) is 4.74. The maximum Gasteiger partial charge on any atom is 0.352 e. The van der Waals surface area contributed by atoms with Crippen molar-refractivity contribution in [2.45, 2.75) is 6.42 Å². The Bertz CT molecular complexity index is 531. The average molecular weight is 231 g/mol. The first-order chi connectivity index (χ1) is 8.20. The number of carbonyl (C=O) groups is 1. The average Bonchev–Trinajstić information content (AvgIpc) is 2.78. The normalized spacial score (nSPS) is 10.2. The summed E-state index contributed by atoms with van der Waals surface area (Å²) in [7, 11) is 1.62. The van der Waals surface area contributed by atoms with E-state index < -0.39 is 5.97 Å². The maximum absolute atomic E-state index is 10.7. The molecule has 4 nitrogen and oxygen atoms in total. The minimum absolute atomic E-state index is 0.204. The van der Waals surface area contributed by atoms with E-state index in [1.165, 1.54) is 0 Å². The Kier molecular flexibility index (Phi) is 3.14. The van der Waals surface area contributed by atoms with Gasteiger partial charge < -0.3 is 14.8 Å². The summed E-state index contributed by atoms with van der Waals surface area (Å²) < 4.78 is 5.24. The molecule has 0 amide bonds. The molecule has 0 atom stereocenters. The van der Waals surface area contributed by atoms with Crippen molar-refractivity contribution in [1.82, 2.24) is 4.98 Å². The predicted octanol–water partition coefficient (Wildman–Crippen LogP) is 2.31. The summed E-state index contributed by atoms with van der Waals surface area (Å²) in [6, 6.07) is 11.0. The van der Waals surface area contributed by atoms with Crippen molar-refractivity contribution in [3.63, 3.8) is 0 Å². The number of benzene rings is 1. The van der Waals surface area contributed by atoms with Crippen LogP contribution in [0.1, 0.15) is 21.7 Å². The van der Waals surface area contributed by atoms with Gasteiger partial charge >= 0.3 is 5.97 Å². The largest absolute Gasteiger partial charge is 0.496 e. The third kappa shape index (κ3) is 2.47. The molecule has 1 aromatic heterocycles. The van der Waals surface area contributed by atoms with Crippen molar-refractivity contribution in [3.05, 3.63) is 53.3 Å². The summed E-state index contributed by atoms with van der Waals surface area (Å²) in [5.41, 5.74) is 2.08. The summed E-state index contributed by atoms with van der Waals surface area (Å²) in [5, 5.41) is 8.81. The van der Waals surface area contributed by atoms with Gasteiger partial charge in [0.2, 0.25) is 0 Å². The lowest BCUT2D eigenvalue weighted by atomic mass is 10.1. The van der Waals surface area contributed by atoms with Gasteiger partial charge in [0.05, 0.1) is 7.11 Å². The van der Waals surface area contributed by atoms with Gasteiger partial charge in [-0.1, -0.05) is 18.2 Å². The number of carboxylic acid groups (broad SMARTS) is 1. The number of aromatic nitrogens is 1. The van der Waals surface area contributed by atoms with E-state index in [9.17, 15) is 4.79 Å². The van der Waals surface area contributed by atoms with Crippen LogP contribution in [0.3, 0.4) is 0 Å². The van der Waals surface area contributed by atoms with Crippen LogP contribution >= 0.6 is 0 Å². The van der Waals surface area contributed by atoms with Gasteiger partial charge in [-0.15, -0.1) is 0 Å². The van der Waals surface area contributed by atoms with E-state index in [0.29, 0.717) is 6.42 Å². The molecule has 0 unspecified atom stereocenters. The summed E-state index contributed by atoms with van der Waals surface area (Å²) in [6.07, 6.45) is 0.622. The van der Waals surface area contributed by atoms with E-state index in [0.717, 1.165) is 17.0 Å². The molecule has 1 heterocycles. The lowest BCUT2D eigenvalue weighted by Crippen LogP contribution is -1.98. The van der Waals surface area contributed by atoms with Crippen molar-refractivity contribution in [3.8, 4) is 5.75 Å². The highest BCUT2D eigenvalue weighted by atomic mass is 16.5. The van der Waals surface area contributed by atoms with Gasteiger partial charge in [-0.25, -0.2) is 4.79 Å². The highest BCUT2D eigenvalue weighted by molar-refractivity contribution is 5.85. The molecule has 0 aliphatic heterocycles. The lowest BCUT2D eigenvalue weighted by molar-refractivity contribution is 0.0691. The minimum atomic E-state index is -0.948. The zero-order valence-electron chi connectivity index (χ0n) is 9.43. The first-order valence-corrected chi connectivity index (χ1v) is 5.24. The quantitative estimate of drug-likeness (QED) is 0.848. The predicted molar refractivity (Wildman–Crippen MR) is 63.6 cm³/mol. The van der Waals surface area contributed by atoms with Crippen LogP contribution in [0.2, 0.25) is 0 Å². The van der Waals surface area contributed by atoms with Crippen LogP contribution in [0.15, 0.2) is 36.4 Å². The van der Waals surface area contributed by atoms with Crippen LogP contribution < -0.4 is 4.74 Å². The van der Waals surface area contributed by atoms with Gasteiger partial charge in [-0.3, -0.25) is 0 Å². The Morgan fingerprint density at radius 2 is 2.06 bits per heavy atom. The number of ether oxygens (including phenoxy) is 1. The van der Waals surface area contributed by atoms with Gasteiger partial charge in [0.25, 0.3) is 0 Å². The molecule has 17 heavy (non-hydrogen) atoms. The van der Waals surface area contributed by atoms with Gasteiger partial charge in [0.15, 0.2) is 0 Å². The molecule has 0 fully saturated rings. The molecule has 1 aromatic carbocycles. The number of carboxylic acids is 1. The van der Waals surface area contributed by atoms with Crippen molar-refractivity contribution in [2.24, 2.45) is 0 Å². The van der Waals surface area contributed by atoms with E-state index in [1.807, 2.05) is 24.3 Å². The molecule has 0 bridgehead atoms. The molecular formula is C13H13NO3. The van der Waals surface area contributed by atoms with E-state index in [2.05, 4.69) is 4.98 Å². The first-order valence-electron chi connectivity index (χ1n) is 5.24. The summed E-state index contributed by atoms with van der Waals surface area (Å²) in [5.74, 6) is -0.143.